The molecule has 0 aliphatic carbocycles. The molecule has 6 nitrogen and oxygen atoms in total. The maximum absolute atomic E-state index is 8.53. The molecule has 1 unspecified atom stereocenters. The second-order valence-electron chi connectivity index (χ2n) is 4.24. The number of nitrogens with one attached hydrogen (secondary N) is 1. The predicted octanol–water partition coefficient (Wildman–Crippen LogP) is 0.887. The fourth-order valence-electron chi connectivity index (χ4n) is 1.69. The summed E-state index contributed by atoms with van der Waals surface area (Å²) in [7, 11) is 0. The zero-order valence-corrected chi connectivity index (χ0v) is 10.2. The summed E-state index contributed by atoms with van der Waals surface area (Å²) in [4.78, 5) is 0. The first-order chi connectivity index (χ1) is 8.70. The van der Waals surface area contributed by atoms with Crippen LogP contribution >= 0.6 is 0 Å². The molecule has 0 radical (unpaired) electrons. The molecule has 0 saturated carbocycles. The average molecular weight is 251 g/mol. The Morgan fingerprint density at radius 1 is 1.50 bits per heavy atom. The van der Waals surface area contributed by atoms with E-state index in [4.69, 9.17) is 20.4 Å². The molecule has 98 valence electrons. The van der Waals surface area contributed by atoms with E-state index in [1.807, 2.05) is 25.1 Å². The highest BCUT2D eigenvalue weighted by molar-refractivity contribution is 5.82. The van der Waals surface area contributed by atoms with E-state index in [0.717, 1.165) is 17.1 Å². The molecule has 1 aromatic rings. The van der Waals surface area contributed by atoms with Crippen molar-refractivity contribution in [1.29, 1.82) is 0 Å². The zero-order chi connectivity index (χ0) is 13.0. The lowest BCUT2D eigenvalue weighted by Gasteiger charge is -2.11. The Bertz CT molecular complexity index is 448. The van der Waals surface area contributed by atoms with E-state index >= 15 is 0 Å². The van der Waals surface area contributed by atoms with Gasteiger partial charge in [0, 0.05) is 19.0 Å². The molecular weight excluding hydrogens is 234 g/mol. The van der Waals surface area contributed by atoms with Gasteiger partial charge in [-0.3, -0.25) is 0 Å². The standard InChI is InChI=1S/C12H17N3O3/c1-8(12(13)15-16)5-14-6-9-2-3-10-11(4-9)18-7-17-10/h2-4,8,14,16H,5-7H2,1H3,(H2,13,15). The number of fused-ring (bicyclic) bond motifs is 1. The summed E-state index contributed by atoms with van der Waals surface area (Å²) in [5.74, 6) is 1.78. The molecule has 18 heavy (non-hydrogen) atoms. The van der Waals surface area contributed by atoms with Crippen molar-refractivity contribution in [3.63, 3.8) is 0 Å². The Morgan fingerprint density at radius 2 is 2.28 bits per heavy atom. The van der Waals surface area contributed by atoms with Crippen LogP contribution < -0.4 is 20.5 Å². The van der Waals surface area contributed by atoms with Crippen LogP contribution in [0.5, 0.6) is 11.5 Å². The molecule has 0 amide bonds. The van der Waals surface area contributed by atoms with Gasteiger partial charge in [-0.05, 0) is 17.7 Å². The molecule has 1 aliphatic heterocycles. The SMILES string of the molecule is CC(CNCc1ccc2c(c1)OCO2)C(N)=NO. The van der Waals surface area contributed by atoms with E-state index in [0.29, 0.717) is 13.1 Å². The first kappa shape index (κ1) is 12.5. The number of ether oxygens (including phenoxy) is 2. The van der Waals surface area contributed by atoms with E-state index in [1.165, 1.54) is 0 Å². The summed E-state index contributed by atoms with van der Waals surface area (Å²) in [5.41, 5.74) is 6.60. The second kappa shape index (κ2) is 5.59. The largest absolute Gasteiger partial charge is 0.454 e. The van der Waals surface area contributed by atoms with Gasteiger partial charge in [-0.1, -0.05) is 18.1 Å². The number of nitrogens with zero attached hydrogens (tertiary/aromatic N) is 1. The fourth-order valence-corrected chi connectivity index (χ4v) is 1.69. The van der Waals surface area contributed by atoms with Crippen LogP contribution in [0.2, 0.25) is 0 Å². The summed E-state index contributed by atoms with van der Waals surface area (Å²) in [5, 5.41) is 14.8. The number of amidine groups is 1. The minimum absolute atomic E-state index is 0.0102. The minimum atomic E-state index is -0.0102. The number of hydrogen-bond donors (Lipinski definition) is 3. The summed E-state index contributed by atoms with van der Waals surface area (Å²) in [6, 6.07) is 5.82. The molecule has 1 aromatic carbocycles. The van der Waals surface area contributed by atoms with Crippen molar-refractivity contribution >= 4 is 5.84 Å². The number of nitrogens with two attached hydrogens (primary N) is 1. The number of benzene rings is 1. The third kappa shape index (κ3) is 2.84. The Labute approximate surface area is 105 Å². The first-order valence-electron chi connectivity index (χ1n) is 5.77. The van der Waals surface area contributed by atoms with E-state index < -0.39 is 0 Å². The lowest BCUT2D eigenvalue weighted by Crippen LogP contribution is -2.31. The number of hydrogen-bond acceptors (Lipinski definition) is 5. The Morgan fingerprint density at radius 3 is 3.06 bits per heavy atom. The molecular formula is C12H17N3O3. The second-order valence-corrected chi connectivity index (χ2v) is 4.24. The third-order valence-corrected chi connectivity index (χ3v) is 2.84. The van der Waals surface area contributed by atoms with Gasteiger partial charge >= 0.3 is 0 Å². The van der Waals surface area contributed by atoms with Crippen LogP contribution in [0.15, 0.2) is 23.4 Å². The molecule has 1 atom stereocenters. The molecule has 1 aliphatic rings. The van der Waals surface area contributed by atoms with Gasteiger partial charge in [-0.15, -0.1) is 0 Å². The van der Waals surface area contributed by atoms with E-state index in [1.54, 1.807) is 0 Å². The van der Waals surface area contributed by atoms with E-state index in [-0.39, 0.29) is 18.5 Å². The van der Waals surface area contributed by atoms with Gasteiger partial charge in [-0.2, -0.15) is 0 Å². The predicted molar refractivity (Wildman–Crippen MR) is 66.8 cm³/mol. The van der Waals surface area contributed by atoms with Crippen molar-refractivity contribution in [3.8, 4) is 11.5 Å². The smallest absolute Gasteiger partial charge is 0.231 e. The van der Waals surface area contributed by atoms with Crippen molar-refractivity contribution in [3.05, 3.63) is 23.8 Å². The van der Waals surface area contributed by atoms with Crippen LogP contribution in [0.4, 0.5) is 0 Å². The monoisotopic (exact) mass is 251 g/mol. The van der Waals surface area contributed by atoms with Crippen LogP contribution in [0.25, 0.3) is 0 Å². The summed E-state index contributed by atoms with van der Waals surface area (Å²) < 4.78 is 10.5. The Balaban J connectivity index is 1.84. The van der Waals surface area contributed by atoms with Crippen LogP contribution in [0.1, 0.15) is 12.5 Å². The molecule has 0 fully saturated rings. The normalized spacial score (nSPS) is 15.7. The molecule has 0 saturated heterocycles. The van der Waals surface area contributed by atoms with Crippen LogP contribution in [0, 0.1) is 5.92 Å². The maximum atomic E-state index is 8.53. The quantitative estimate of drug-likeness (QED) is 0.313. The topological polar surface area (TPSA) is 89.1 Å². The number of oxime groups is 1. The van der Waals surface area contributed by atoms with Crippen molar-refractivity contribution in [2.45, 2.75) is 13.5 Å². The van der Waals surface area contributed by atoms with Crippen molar-refractivity contribution in [2.75, 3.05) is 13.3 Å². The third-order valence-electron chi connectivity index (χ3n) is 2.84. The molecule has 1 heterocycles. The van der Waals surface area contributed by atoms with Crippen LogP contribution in [-0.2, 0) is 6.54 Å². The van der Waals surface area contributed by atoms with Crippen molar-refractivity contribution < 1.29 is 14.7 Å². The summed E-state index contributed by atoms with van der Waals surface area (Å²) >= 11 is 0. The van der Waals surface area contributed by atoms with E-state index in [2.05, 4.69) is 10.5 Å². The average Bonchev–Trinajstić information content (AvgIpc) is 2.85. The summed E-state index contributed by atoms with van der Waals surface area (Å²) in [6.45, 7) is 3.51. The Kier molecular flexibility index (Phi) is 3.88. The molecule has 0 bridgehead atoms. The zero-order valence-electron chi connectivity index (χ0n) is 10.2. The molecule has 4 N–H and O–H groups in total. The van der Waals surface area contributed by atoms with E-state index in [9.17, 15) is 0 Å². The lowest BCUT2D eigenvalue weighted by atomic mass is 10.1. The highest BCUT2D eigenvalue weighted by atomic mass is 16.7. The van der Waals surface area contributed by atoms with Crippen molar-refractivity contribution in [1.82, 2.24) is 5.32 Å². The maximum Gasteiger partial charge on any atom is 0.231 e. The molecule has 6 heteroatoms. The van der Waals surface area contributed by atoms with Crippen molar-refractivity contribution in [2.24, 2.45) is 16.8 Å². The minimum Gasteiger partial charge on any atom is -0.454 e. The Hall–Kier alpha value is -1.95. The number of rotatable bonds is 5. The lowest BCUT2D eigenvalue weighted by molar-refractivity contribution is 0.174. The molecule has 2 rings (SSSR count). The van der Waals surface area contributed by atoms with Crippen LogP contribution in [-0.4, -0.2) is 24.4 Å². The summed E-state index contributed by atoms with van der Waals surface area (Å²) in [6.07, 6.45) is 0. The van der Waals surface area contributed by atoms with Gasteiger partial charge in [0.15, 0.2) is 11.5 Å². The fraction of sp³-hybridized carbons (Fsp3) is 0.417. The highest BCUT2D eigenvalue weighted by Crippen LogP contribution is 2.32. The van der Waals surface area contributed by atoms with Gasteiger partial charge in [0.2, 0.25) is 6.79 Å². The van der Waals surface area contributed by atoms with Gasteiger partial charge < -0.3 is 25.7 Å². The highest BCUT2D eigenvalue weighted by Gasteiger charge is 2.13. The molecule has 0 aromatic heterocycles. The first-order valence-corrected chi connectivity index (χ1v) is 5.77. The van der Waals surface area contributed by atoms with Gasteiger partial charge in [0.25, 0.3) is 0 Å². The molecule has 0 spiro atoms. The van der Waals surface area contributed by atoms with Crippen LogP contribution in [0.3, 0.4) is 0 Å². The van der Waals surface area contributed by atoms with Gasteiger partial charge in [0.05, 0.1) is 0 Å². The van der Waals surface area contributed by atoms with Gasteiger partial charge in [0.1, 0.15) is 5.84 Å². The van der Waals surface area contributed by atoms with Gasteiger partial charge in [-0.25, -0.2) is 0 Å².